The van der Waals surface area contributed by atoms with Gasteiger partial charge in [-0.3, -0.25) is 24.5 Å². The summed E-state index contributed by atoms with van der Waals surface area (Å²) in [7, 11) is 1.94. The van der Waals surface area contributed by atoms with Gasteiger partial charge in [0, 0.05) is 64.2 Å². The van der Waals surface area contributed by atoms with Gasteiger partial charge in [-0.05, 0) is 12.5 Å². The number of para-hydroxylation sites is 1. The Morgan fingerprint density at radius 1 is 1.14 bits per heavy atom. The molecular formula is C20H26N6O2. The fourth-order valence-corrected chi connectivity index (χ4v) is 4.74. The van der Waals surface area contributed by atoms with Crippen LogP contribution >= 0.6 is 0 Å². The average molecular weight is 382 g/mol. The maximum Gasteiger partial charge on any atom is 0.235 e. The van der Waals surface area contributed by atoms with Crippen LogP contribution < -0.4 is 15.5 Å². The van der Waals surface area contributed by atoms with E-state index in [-0.39, 0.29) is 17.7 Å². The standard InChI is InChI=1S/C20H26N6O2/c1-24-19-14(18(23-24)15-5-6-17(27)22-20(15)28)3-2-4-16(19)26-11-13(12-26)25-9-7-21-8-10-25/h2-4,13,15,21H,5-12H2,1H3,(H,22,27,28). The minimum Gasteiger partial charge on any atom is -0.367 e. The summed E-state index contributed by atoms with van der Waals surface area (Å²) in [5.74, 6) is -0.785. The first-order valence-corrected chi connectivity index (χ1v) is 10.1. The second kappa shape index (κ2) is 6.86. The predicted molar refractivity (Wildman–Crippen MR) is 106 cm³/mol. The summed E-state index contributed by atoms with van der Waals surface area (Å²) in [4.78, 5) is 28.8. The number of anilines is 1. The molecule has 3 saturated heterocycles. The van der Waals surface area contributed by atoms with Crippen molar-refractivity contribution in [1.29, 1.82) is 0 Å². The molecule has 3 aliphatic heterocycles. The maximum absolute atomic E-state index is 12.4. The predicted octanol–water partition coefficient (Wildman–Crippen LogP) is 0.187. The van der Waals surface area contributed by atoms with Crippen molar-refractivity contribution in [3.05, 3.63) is 23.9 Å². The number of rotatable bonds is 3. The SMILES string of the molecule is Cn1nc(C2CCC(=O)NC2=O)c2cccc(N3CC(N4CCNCC4)C3)c21. The highest BCUT2D eigenvalue weighted by molar-refractivity contribution is 6.03. The molecule has 2 aromatic rings. The third-order valence-electron chi connectivity index (χ3n) is 6.31. The molecule has 0 spiro atoms. The number of imide groups is 1. The highest BCUT2D eigenvalue weighted by atomic mass is 16.2. The number of carbonyl (C=O) groups is 2. The van der Waals surface area contributed by atoms with Crippen LogP contribution in [0.15, 0.2) is 18.2 Å². The monoisotopic (exact) mass is 382 g/mol. The Morgan fingerprint density at radius 2 is 1.93 bits per heavy atom. The van der Waals surface area contributed by atoms with Gasteiger partial charge in [0.15, 0.2) is 0 Å². The third-order valence-corrected chi connectivity index (χ3v) is 6.31. The molecule has 0 bridgehead atoms. The van der Waals surface area contributed by atoms with Gasteiger partial charge in [-0.15, -0.1) is 0 Å². The van der Waals surface area contributed by atoms with Crippen LogP contribution in [-0.4, -0.2) is 71.8 Å². The van der Waals surface area contributed by atoms with E-state index in [0.717, 1.165) is 55.9 Å². The molecule has 2 amide bonds. The van der Waals surface area contributed by atoms with E-state index < -0.39 is 0 Å². The molecule has 3 aliphatic rings. The lowest BCUT2D eigenvalue weighted by Gasteiger charge is -2.48. The molecule has 5 rings (SSSR count). The van der Waals surface area contributed by atoms with Gasteiger partial charge in [-0.2, -0.15) is 5.10 Å². The number of piperazine rings is 1. The molecule has 0 saturated carbocycles. The Hall–Kier alpha value is -2.45. The number of piperidine rings is 1. The zero-order chi connectivity index (χ0) is 19.3. The number of benzene rings is 1. The van der Waals surface area contributed by atoms with Crippen molar-refractivity contribution < 1.29 is 9.59 Å². The van der Waals surface area contributed by atoms with Crippen LogP contribution in [-0.2, 0) is 16.6 Å². The molecule has 8 heteroatoms. The molecule has 1 atom stereocenters. The quantitative estimate of drug-likeness (QED) is 0.738. The fraction of sp³-hybridized carbons (Fsp3) is 0.550. The number of aryl methyl sites for hydroxylation is 1. The number of aromatic nitrogens is 2. The number of nitrogens with one attached hydrogen (secondary N) is 2. The number of fused-ring (bicyclic) bond motifs is 1. The first-order chi connectivity index (χ1) is 13.6. The summed E-state index contributed by atoms with van der Waals surface area (Å²) in [5, 5.41) is 11.6. The van der Waals surface area contributed by atoms with Gasteiger partial charge >= 0.3 is 0 Å². The van der Waals surface area contributed by atoms with Crippen LogP contribution in [0.5, 0.6) is 0 Å². The van der Waals surface area contributed by atoms with Crippen LogP contribution in [0.3, 0.4) is 0 Å². The number of nitrogens with zero attached hydrogens (tertiary/aromatic N) is 4. The average Bonchev–Trinajstić information content (AvgIpc) is 2.99. The first-order valence-electron chi connectivity index (χ1n) is 10.1. The van der Waals surface area contributed by atoms with Gasteiger partial charge in [0.2, 0.25) is 11.8 Å². The molecule has 148 valence electrons. The van der Waals surface area contributed by atoms with Gasteiger partial charge in [0.05, 0.1) is 22.8 Å². The summed E-state index contributed by atoms with van der Waals surface area (Å²) in [6, 6.07) is 6.84. The number of amides is 2. The van der Waals surface area contributed by atoms with E-state index in [1.54, 1.807) is 0 Å². The molecule has 2 N–H and O–H groups in total. The number of carbonyl (C=O) groups excluding carboxylic acids is 2. The van der Waals surface area contributed by atoms with E-state index in [0.29, 0.717) is 18.9 Å². The Balaban J connectivity index is 1.42. The van der Waals surface area contributed by atoms with Crippen molar-refractivity contribution in [1.82, 2.24) is 25.3 Å². The second-order valence-corrected chi connectivity index (χ2v) is 8.03. The lowest BCUT2D eigenvalue weighted by atomic mass is 9.92. The highest BCUT2D eigenvalue weighted by Gasteiger charge is 2.35. The van der Waals surface area contributed by atoms with E-state index in [1.165, 1.54) is 5.69 Å². The van der Waals surface area contributed by atoms with E-state index in [4.69, 9.17) is 5.10 Å². The molecule has 0 aliphatic carbocycles. The third kappa shape index (κ3) is 2.87. The lowest BCUT2D eigenvalue weighted by Crippen LogP contribution is -2.63. The van der Waals surface area contributed by atoms with Crippen LogP contribution in [0.2, 0.25) is 0 Å². The highest BCUT2D eigenvalue weighted by Crippen LogP contribution is 2.36. The summed E-state index contributed by atoms with van der Waals surface area (Å²) in [6.07, 6.45) is 0.891. The molecule has 1 aromatic carbocycles. The van der Waals surface area contributed by atoms with E-state index in [2.05, 4.69) is 26.5 Å². The Morgan fingerprint density at radius 3 is 2.68 bits per heavy atom. The smallest absolute Gasteiger partial charge is 0.235 e. The second-order valence-electron chi connectivity index (χ2n) is 8.03. The molecule has 1 unspecified atom stereocenters. The largest absolute Gasteiger partial charge is 0.367 e. The summed E-state index contributed by atoms with van der Waals surface area (Å²) >= 11 is 0. The van der Waals surface area contributed by atoms with Gasteiger partial charge in [-0.1, -0.05) is 12.1 Å². The van der Waals surface area contributed by atoms with Gasteiger partial charge in [0.25, 0.3) is 0 Å². The number of hydrogen-bond donors (Lipinski definition) is 2. The molecule has 0 radical (unpaired) electrons. The van der Waals surface area contributed by atoms with Crippen molar-refractivity contribution in [2.24, 2.45) is 7.05 Å². The summed E-state index contributed by atoms with van der Waals surface area (Å²) < 4.78 is 1.89. The number of hydrogen-bond acceptors (Lipinski definition) is 6. The molecule has 8 nitrogen and oxygen atoms in total. The minimum absolute atomic E-state index is 0.193. The molecular weight excluding hydrogens is 356 g/mol. The van der Waals surface area contributed by atoms with Gasteiger partial charge in [0.1, 0.15) is 0 Å². The molecule has 3 fully saturated rings. The van der Waals surface area contributed by atoms with Crippen LogP contribution in [0.1, 0.15) is 24.5 Å². The maximum atomic E-state index is 12.4. The summed E-state index contributed by atoms with van der Waals surface area (Å²) in [5.41, 5.74) is 3.03. The Bertz CT molecular complexity index is 926. The van der Waals surface area contributed by atoms with Gasteiger partial charge < -0.3 is 10.2 Å². The molecule has 4 heterocycles. The zero-order valence-electron chi connectivity index (χ0n) is 16.1. The normalized spacial score (nSPS) is 24.5. The van der Waals surface area contributed by atoms with E-state index in [9.17, 15) is 9.59 Å². The van der Waals surface area contributed by atoms with E-state index >= 15 is 0 Å². The van der Waals surface area contributed by atoms with Crippen molar-refractivity contribution in [2.45, 2.75) is 24.8 Å². The summed E-state index contributed by atoms with van der Waals surface area (Å²) in [6.45, 7) is 6.44. The van der Waals surface area contributed by atoms with Crippen molar-refractivity contribution in [3.63, 3.8) is 0 Å². The van der Waals surface area contributed by atoms with Crippen molar-refractivity contribution in [3.8, 4) is 0 Å². The topological polar surface area (TPSA) is 82.5 Å². The van der Waals surface area contributed by atoms with Crippen molar-refractivity contribution in [2.75, 3.05) is 44.2 Å². The van der Waals surface area contributed by atoms with Crippen LogP contribution in [0.4, 0.5) is 5.69 Å². The molecule has 1 aromatic heterocycles. The minimum atomic E-state index is -0.360. The zero-order valence-corrected chi connectivity index (χ0v) is 16.1. The van der Waals surface area contributed by atoms with Gasteiger partial charge in [-0.25, -0.2) is 0 Å². The van der Waals surface area contributed by atoms with Crippen molar-refractivity contribution >= 4 is 28.4 Å². The Kier molecular flexibility index (Phi) is 4.32. The lowest BCUT2D eigenvalue weighted by molar-refractivity contribution is -0.134. The van der Waals surface area contributed by atoms with Crippen LogP contribution in [0.25, 0.3) is 10.9 Å². The van der Waals surface area contributed by atoms with E-state index in [1.807, 2.05) is 23.9 Å². The van der Waals surface area contributed by atoms with Crippen LogP contribution in [0, 0.1) is 0 Å². The first kappa shape index (κ1) is 17.6. The fourth-order valence-electron chi connectivity index (χ4n) is 4.74. The molecule has 28 heavy (non-hydrogen) atoms. The Labute approximate surface area is 163 Å².